The molecule has 1 heterocycles. The van der Waals surface area contributed by atoms with Crippen LogP contribution in [0, 0.1) is 12.7 Å². The van der Waals surface area contributed by atoms with Gasteiger partial charge >= 0.3 is 0 Å². The van der Waals surface area contributed by atoms with Crippen molar-refractivity contribution in [3.05, 3.63) is 35.1 Å². The first-order chi connectivity index (χ1) is 8.66. The summed E-state index contributed by atoms with van der Waals surface area (Å²) in [6.45, 7) is 5.88. The Morgan fingerprint density at radius 1 is 1.39 bits per heavy atom. The van der Waals surface area contributed by atoms with Crippen LogP contribution in [0.3, 0.4) is 0 Å². The average molecular weight is 250 g/mol. The van der Waals surface area contributed by atoms with Crippen LogP contribution >= 0.6 is 0 Å². The first kappa shape index (κ1) is 13.2. The molecule has 1 saturated heterocycles. The molecule has 0 amide bonds. The van der Waals surface area contributed by atoms with Crippen LogP contribution in [0.25, 0.3) is 0 Å². The quantitative estimate of drug-likeness (QED) is 0.827. The van der Waals surface area contributed by atoms with Gasteiger partial charge in [0, 0.05) is 18.7 Å². The summed E-state index contributed by atoms with van der Waals surface area (Å²) >= 11 is 0. The van der Waals surface area contributed by atoms with Crippen LogP contribution in [0.2, 0.25) is 0 Å². The normalized spacial score (nSPS) is 17.4. The van der Waals surface area contributed by atoms with Crippen molar-refractivity contribution < 1.29 is 9.18 Å². The van der Waals surface area contributed by atoms with Gasteiger partial charge in [-0.1, -0.05) is 0 Å². The summed E-state index contributed by atoms with van der Waals surface area (Å²) in [6, 6.07) is 4.57. The van der Waals surface area contributed by atoms with Crippen molar-refractivity contribution in [2.24, 2.45) is 0 Å². The molecule has 1 aromatic rings. The van der Waals surface area contributed by atoms with E-state index in [2.05, 4.69) is 10.2 Å². The Labute approximate surface area is 107 Å². The van der Waals surface area contributed by atoms with Gasteiger partial charge in [-0.05, 0) is 50.2 Å². The molecule has 0 aromatic heterocycles. The number of ketones is 1. The number of carbonyl (C=O) groups excluding carboxylic acids is 1. The lowest BCUT2D eigenvalue weighted by Gasteiger charge is -2.18. The second kappa shape index (κ2) is 6.07. The van der Waals surface area contributed by atoms with Gasteiger partial charge in [-0.25, -0.2) is 4.39 Å². The fraction of sp³-hybridized carbons (Fsp3) is 0.500. The van der Waals surface area contributed by atoms with E-state index in [0.717, 1.165) is 32.6 Å². The number of nitrogens with one attached hydrogen (secondary N) is 1. The standard InChI is InChI=1S/C14H19FN2O/c1-11-9-12(3-4-13(11)15)14(18)10-17-7-2-5-16-6-8-17/h3-4,9,16H,2,5-8,10H2,1H3. The topological polar surface area (TPSA) is 32.3 Å². The van der Waals surface area contributed by atoms with E-state index >= 15 is 0 Å². The summed E-state index contributed by atoms with van der Waals surface area (Å²) in [4.78, 5) is 14.3. The number of nitrogens with zero attached hydrogens (tertiary/aromatic N) is 1. The molecule has 1 aliphatic rings. The minimum atomic E-state index is -0.259. The molecule has 0 unspecified atom stereocenters. The van der Waals surface area contributed by atoms with E-state index < -0.39 is 0 Å². The van der Waals surface area contributed by atoms with Gasteiger partial charge in [-0.3, -0.25) is 9.69 Å². The molecular weight excluding hydrogens is 231 g/mol. The van der Waals surface area contributed by atoms with E-state index in [1.807, 2.05) is 0 Å². The maximum Gasteiger partial charge on any atom is 0.176 e. The molecule has 98 valence electrons. The summed E-state index contributed by atoms with van der Waals surface area (Å²) in [7, 11) is 0. The van der Waals surface area contributed by atoms with E-state index in [1.54, 1.807) is 19.1 Å². The zero-order chi connectivity index (χ0) is 13.0. The van der Waals surface area contributed by atoms with E-state index in [9.17, 15) is 9.18 Å². The highest BCUT2D eigenvalue weighted by molar-refractivity contribution is 5.97. The van der Waals surface area contributed by atoms with Crippen molar-refractivity contribution in [2.75, 3.05) is 32.7 Å². The third kappa shape index (κ3) is 3.37. The van der Waals surface area contributed by atoms with Crippen molar-refractivity contribution in [3.8, 4) is 0 Å². The van der Waals surface area contributed by atoms with Gasteiger partial charge in [0.15, 0.2) is 5.78 Å². The van der Waals surface area contributed by atoms with Crippen molar-refractivity contribution in [1.82, 2.24) is 10.2 Å². The predicted molar refractivity (Wildman–Crippen MR) is 69.4 cm³/mol. The van der Waals surface area contributed by atoms with Crippen LogP contribution in [0.15, 0.2) is 18.2 Å². The molecule has 1 fully saturated rings. The fourth-order valence-electron chi connectivity index (χ4n) is 2.17. The Balaban J connectivity index is 1.99. The molecule has 0 saturated carbocycles. The smallest absolute Gasteiger partial charge is 0.176 e. The number of benzene rings is 1. The lowest BCUT2D eigenvalue weighted by molar-refractivity contribution is 0.0935. The van der Waals surface area contributed by atoms with Gasteiger partial charge in [0.1, 0.15) is 5.82 Å². The molecule has 1 aromatic carbocycles. The molecule has 1 N–H and O–H groups in total. The second-order valence-electron chi connectivity index (χ2n) is 4.77. The summed E-state index contributed by atoms with van der Waals surface area (Å²) in [5.41, 5.74) is 1.13. The van der Waals surface area contributed by atoms with Crippen LogP contribution in [0.1, 0.15) is 22.3 Å². The van der Waals surface area contributed by atoms with Crippen molar-refractivity contribution in [2.45, 2.75) is 13.3 Å². The van der Waals surface area contributed by atoms with Gasteiger partial charge in [0.25, 0.3) is 0 Å². The third-order valence-electron chi connectivity index (χ3n) is 3.28. The second-order valence-corrected chi connectivity index (χ2v) is 4.77. The van der Waals surface area contributed by atoms with Crippen LogP contribution in [-0.4, -0.2) is 43.4 Å². The minimum Gasteiger partial charge on any atom is -0.315 e. The molecule has 4 heteroatoms. The van der Waals surface area contributed by atoms with Crippen LogP contribution in [0.4, 0.5) is 4.39 Å². The SMILES string of the molecule is Cc1cc(C(=O)CN2CCCNCC2)ccc1F. The number of aryl methyl sites for hydroxylation is 1. The van der Waals surface area contributed by atoms with Crippen molar-refractivity contribution in [3.63, 3.8) is 0 Å². The zero-order valence-electron chi connectivity index (χ0n) is 10.7. The molecule has 0 aliphatic carbocycles. The van der Waals surface area contributed by atoms with Gasteiger partial charge in [-0.2, -0.15) is 0 Å². The number of rotatable bonds is 3. The Bertz CT molecular complexity index is 426. The number of carbonyl (C=O) groups is 1. The van der Waals surface area contributed by atoms with Gasteiger partial charge < -0.3 is 5.32 Å². The number of Topliss-reactive ketones (excluding diaryl/α,β-unsaturated/α-hetero) is 1. The van der Waals surface area contributed by atoms with E-state index in [0.29, 0.717) is 17.7 Å². The predicted octanol–water partition coefficient (Wildman–Crippen LogP) is 1.61. The summed E-state index contributed by atoms with van der Waals surface area (Å²) < 4.78 is 13.1. The summed E-state index contributed by atoms with van der Waals surface area (Å²) in [5, 5.41) is 3.30. The fourth-order valence-corrected chi connectivity index (χ4v) is 2.17. The number of hydrogen-bond donors (Lipinski definition) is 1. The highest BCUT2D eigenvalue weighted by Gasteiger charge is 2.14. The highest BCUT2D eigenvalue weighted by Crippen LogP contribution is 2.10. The molecule has 2 rings (SSSR count). The van der Waals surface area contributed by atoms with Crippen LogP contribution in [-0.2, 0) is 0 Å². The highest BCUT2D eigenvalue weighted by atomic mass is 19.1. The molecular formula is C14H19FN2O. The van der Waals surface area contributed by atoms with Gasteiger partial charge in [0.05, 0.1) is 6.54 Å². The first-order valence-electron chi connectivity index (χ1n) is 6.39. The van der Waals surface area contributed by atoms with E-state index in [1.165, 1.54) is 6.07 Å². The molecule has 3 nitrogen and oxygen atoms in total. The van der Waals surface area contributed by atoms with E-state index in [-0.39, 0.29) is 11.6 Å². The zero-order valence-corrected chi connectivity index (χ0v) is 10.7. The summed E-state index contributed by atoms with van der Waals surface area (Å²) in [6.07, 6.45) is 1.07. The van der Waals surface area contributed by atoms with E-state index in [4.69, 9.17) is 0 Å². The minimum absolute atomic E-state index is 0.0694. The molecule has 0 bridgehead atoms. The van der Waals surface area contributed by atoms with Gasteiger partial charge in [-0.15, -0.1) is 0 Å². The van der Waals surface area contributed by atoms with Crippen molar-refractivity contribution in [1.29, 1.82) is 0 Å². The molecule has 0 atom stereocenters. The Morgan fingerprint density at radius 2 is 2.22 bits per heavy atom. The first-order valence-corrected chi connectivity index (χ1v) is 6.39. The Morgan fingerprint density at radius 3 is 3.00 bits per heavy atom. The molecule has 0 spiro atoms. The maximum atomic E-state index is 13.1. The molecule has 1 aliphatic heterocycles. The molecule has 0 radical (unpaired) electrons. The lowest BCUT2D eigenvalue weighted by Crippen LogP contribution is -2.33. The maximum absolute atomic E-state index is 13.1. The lowest BCUT2D eigenvalue weighted by atomic mass is 10.1. The summed E-state index contributed by atoms with van der Waals surface area (Å²) in [5.74, 6) is -0.189. The van der Waals surface area contributed by atoms with Crippen molar-refractivity contribution >= 4 is 5.78 Å². The number of hydrogen-bond acceptors (Lipinski definition) is 3. The molecule has 18 heavy (non-hydrogen) atoms. The monoisotopic (exact) mass is 250 g/mol. The average Bonchev–Trinajstić information content (AvgIpc) is 2.61. The van der Waals surface area contributed by atoms with Gasteiger partial charge in [0.2, 0.25) is 0 Å². The number of halogens is 1. The van der Waals surface area contributed by atoms with Crippen LogP contribution in [0.5, 0.6) is 0 Å². The van der Waals surface area contributed by atoms with Crippen LogP contribution < -0.4 is 5.32 Å². The Hall–Kier alpha value is -1.26. The Kier molecular flexibility index (Phi) is 4.44. The largest absolute Gasteiger partial charge is 0.315 e. The third-order valence-corrected chi connectivity index (χ3v) is 3.28.